The highest BCUT2D eigenvalue weighted by atomic mass is 19.1. The van der Waals surface area contributed by atoms with Crippen molar-refractivity contribution >= 4 is 17.6 Å². The summed E-state index contributed by atoms with van der Waals surface area (Å²) in [7, 11) is 1.88. The van der Waals surface area contributed by atoms with Gasteiger partial charge in [0.1, 0.15) is 18.2 Å². The lowest BCUT2D eigenvalue weighted by Gasteiger charge is -2.21. The fourth-order valence-corrected chi connectivity index (χ4v) is 2.86. The largest absolute Gasteiger partial charge is 0.357 e. The second-order valence-corrected chi connectivity index (χ2v) is 6.69. The Labute approximate surface area is 175 Å². The topological polar surface area (TPSA) is 85.4 Å². The predicted octanol–water partition coefficient (Wildman–Crippen LogP) is 3.25. The van der Waals surface area contributed by atoms with E-state index in [0.717, 1.165) is 17.1 Å². The van der Waals surface area contributed by atoms with E-state index < -0.39 is 0 Å². The van der Waals surface area contributed by atoms with Gasteiger partial charge in [-0.1, -0.05) is 30.3 Å². The molecule has 30 heavy (non-hydrogen) atoms. The average Bonchev–Trinajstić information content (AvgIpc) is 3.22. The number of rotatable bonds is 7. The number of halogens is 1. The maximum atomic E-state index is 13.0. The zero-order valence-electron chi connectivity index (χ0n) is 17.0. The number of nitrogens with one attached hydrogen (secondary N) is 3. The molecular formula is C22H25FN6O. The SMILES string of the molecule is CCNC(=NCC(=O)Nc1ccc(F)cc1)N(C)Cc1ncc(-c2ccccc2)[nH]1. The van der Waals surface area contributed by atoms with E-state index in [1.54, 1.807) is 6.20 Å². The van der Waals surface area contributed by atoms with Crippen LogP contribution < -0.4 is 10.6 Å². The molecule has 1 aromatic heterocycles. The second kappa shape index (κ2) is 10.2. The molecular weight excluding hydrogens is 383 g/mol. The van der Waals surface area contributed by atoms with Crippen LogP contribution in [0.4, 0.5) is 10.1 Å². The predicted molar refractivity (Wildman–Crippen MR) is 116 cm³/mol. The van der Waals surface area contributed by atoms with Crippen LogP contribution >= 0.6 is 0 Å². The Bertz CT molecular complexity index is 984. The van der Waals surface area contributed by atoms with Gasteiger partial charge in [-0.25, -0.2) is 14.4 Å². The van der Waals surface area contributed by atoms with Crippen LogP contribution in [0.2, 0.25) is 0 Å². The van der Waals surface area contributed by atoms with Crippen LogP contribution in [-0.2, 0) is 11.3 Å². The minimum Gasteiger partial charge on any atom is -0.357 e. The van der Waals surface area contributed by atoms with Gasteiger partial charge >= 0.3 is 0 Å². The molecule has 0 radical (unpaired) electrons. The number of aromatic nitrogens is 2. The number of carbonyl (C=O) groups is 1. The van der Waals surface area contributed by atoms with E-state index in [2.05, 4.69) is 25.6 Å². The van der Waals surface area contributed by atoms with Crippen molar-refractivity contribution in [1.29, 1.82) is 0 Å². The molecule has 0 fully saturated rings. The number of carbonyl (C=O) groups excluding carboxylic acids is 1. The number of hydrogen-bond donors (Lipinski definition) is 3. The van der Waals surface area contributed by atoms with E-state index in [4.69, 9.17) is 0 Å². The molecule has 0 saturated heterocycles. The summed E-state index contributed by atoms with van der Waals surface area (Å²) in [5, 5.41) is 5.87. The van der Waals surface area contributed by atoms with E-state index >= 15 is 0 Å². The number of amides is 1. The Kier molecular flexibility index (Phi) is 7.15. The molecule has 3 N–H and O–H groups in total. The van der Waals surface area contributed by atoms with Gasteiger partial charge in [0.15, 0.2) is 5.96 Å². The van der Waals surface area contributed by atoms with Gasteiger partial charge in [-0.05, 0) is 36.8 Å². The van der Waals surface area contributed by atoms with Gasteiger partial charge in [-0.3, -0.25) is 4.79 Å². The summed E-state index contributed by atoms with van der Waals surface area (Å²) >= 11 is 0. The number of aliphatic imine (C=N–C) groups is 1. The van der Waals surface area contributed by atoms with Crippen LogP contribution in [0, 0.1) is 5.82 Å². The summed E-state index contributed by atoms with van der Waals surface area (Å²) in [5.41, 5.74) is 2.54. The van der Waals surface area contributed by atoms with Crippen LogP contribution in [0.15, 0.2) is 65.8 Å². The van der Waals surface area contributed by atoms with E-state index in [9.17, 15) is 9.18 Å². The highest BCUT2D eigenvalue weighted by molar-refractivity contribution is 5.94. The molecule has 8 heteroatoms. The first kappa shape index (κ1) is 21.0. The molecule has 0 aliphatic carbocycles. The molecule has 0 unspecified atom stereocenters. The number of hydrogen-bond acceptors (Lipinski definition) is 3. The third kappa shape index (κ3) is 5.91. The van der Waals surface area contributed by atoms with Gasteiger partial charge in [-0.2, -0.15) is 0 Å². The van der Waals surface area contributed by atoms with E-state index in [1.807, 2.05) is 49.2 Å². The smallest absolute Gasteiger partial charge is 0.246 e. The lowest BCUT2D eigenvalue weighted by atomic mass is 10.2. The fourth-order valence-electron chi connectivity index (χ4n) is 2.86. The van der Waals surface area contributed by atoms with Crippen molar-refractivity contribution in [3.63, 3.8) is 0 Å². The van der Waals surface area contributed by atoms with Crippen LogP contribution in [0.1, 0.15) is 12.7 Å². The summed E-state index contributed by atoms with van der Waals surface area (Å²) in [6.07, 6.45) is 1.80. The van der Waals surface area contributed by atoms with Crippen LogP contribution in [0.25, 0.3) is 11.3 Å². The molecule has 0 aliphatic heterocycles. The maximum Gasteiger partial charge on any atom is 0.246 e. The molecule has 1 amide bonds. The van der Waals surface area contributed by atoms with Gasteiger partial charge in [-0.15, -0.1) is 0 Å². The van der Waals surface area contributed by atoms with E-state index in [-0.39, 0.29) is 18.3 Å². The second-order valence-electron chi connectivity index (χ2n) is 6.69. The van der Waals surface area contributed by atoms with Crippen LogP contribution in [0.5, 0.6) is 0 Å². The quantitative estimate of drug-likeness (QED) is 0.414. The summed E-state index contributed by atoms with van der Waals surface area (Å²) in [6, 6.07) is 15.6. The zero-order valence-corrected chi connectivity index (χ0v) is 17.0. The Hall–Kier alpha value is -3.68. The van der Waals surface area contributed by atoms with Gasteiger partial charge in [0.2, 0.25) is 5.91 Å². The zero-order chi connectivity index (χ0) is 21.3. The van der Waals surface area contributed by atoms with Crippen molar-refractivity contribution in [3.8, 4) is 11.3 Å². The summed E-state index contributed by atoms with van der Waals surface area (Å²) in [5.74, 6) is 0.743. The number of guanidine groups is 1. The highest BCUT2D eigenvalue weighted by Crippen LogP contribution is 2.16. The molecule has 0 atom stereocenters. The molecule has 3 rings (SSSR count). The number of anilines is 1. The molecule has 0 aliphatic rings. The summed E-state index contributed by atoms with van der Waals surface area (Å²) in [6.45, 7) is 3.06. The van der Waals surface area contributed by atoms with Gasteiger partial charge in [0, 0.05) is 19.3 Å². The van der Waals surface area contributed by atoms with Crippen LogP contribution in [-0.4, -0.2) is 46.9 Å². The minimum atomic E-state index is -0.351. The van der Waals surface area contributed by atoms with Crippen molar-refractivity contribution < 1.29 is 9.18 Å². The average molecular weight is 408 g/mol. The first-order chi connectivity index (χ1) is 14.5. The normalized spacial score (nSPS) is 11.2. The number of benzene rings is 2. The van der Waals surface area contributed by atoms with E-state index in [0.29, 0.717) is 24.7 Å². The van der Waals surface area contributed by atoms with Crippen LogP contribution in [0.3, 0.4) is 0 Å². The highest BCUT2D eigenvalue weighted by Gasteiger charge is 2.11. The lowest BCUT2D eigenvalue weighted by Crippen LogP contribution is -2.39. The third-order valence-corrected chi connectivity index (χ3v) is 4.30. The Morgan fingerprint density at radius 2 is 1.90 bits per heavy atom. The molecule has 0 saturated carbocycles. The summed E-state index contributed by atoms with van der Waals surface area (Å²) < 4.78 is 13.0. The third-order valence-electron chi connectivity index (χ3n) is 4.30. The standard InChI is InChI=1S/C22H25FN6O/c1-3-24-22(26-14-21(30)27-18-11-9-17(23)10-12-18)29(2)15-20-25-13-19(28-20)16-7-5-4-6-8-16/h4-13H,3,14-15H2,1-2H3,(H,24,26)(H,25,28)(H,27,30). The number of imidazole rings is 1. The van der Waals surface area contributed by atoms with Crippen molar-refractivity contribution in [3.05, 3.63) is 72.4 Å². The summed E-state index contributed by atoms with van der Waals surface area (Å²) in [4.78, 5) is 26.2. The van der Waals surface area contributed by atoms with Gasteiger partial charge in [0.25, 0.3) is 0 Å². The van der Waals surface area contributed by atoms with Gasteiger partial charge < -0.3 is 20.5 Å². The Morgan fingerprint density at radius 1 is 1.17 bits per heavy atom. The molecule has 156 valence electrons. The number of nitrogens with zero attached hydrogens (tertiary/aromatic N) is 3. The van der Waals surface area contributed by atoms with E-state index in [1.165, 1.54) is 24.3 Å². The molecule has 2 aromatic carbocycles. The first-order valence-corrected chi connectivity index (χ1v) is 9.69. The maximum absolute atomic E-state index is 13.0. The fraction of sp³-hybridized carbons (Fsp3) is 0.227. The Balaban J connectivity index is 1.61. The molecule has 1 heterocycles. The molecule has 0 bridgehead atoms. The van der Waals surface area contributed by atoms with Crippen molar-refractivity contribution in [2.75, 3.05) is 25.5 Å². The minimum absolute atomic E-state index is 0.0581. The first-order valence-electron chi connectivity index (χ1n) is 9.69. The Morgan fingerprint density at radius 3 is 2.60 bits per heavy atom. The molecule has 0 spiro atoms. The lowest BCUT2D eigenvalue weighted by molar-refractivity contribution is -0.114. The molecule has 7 nitrogen and oxygen atoms in total. The number of H-pyrrole nitrogens is 1. The van der Waals surface area contributed by atoms with Crippen molar-refractivity contribution in [1.82, 2.24) is 20.2 Å². The van der Waals surface area contributed by atoms with Crippen molar-refractivity contribution in [2.45, 2.75) is 13.5 Å². The van der Waals surface area contributed by atoms with Crippen molar-refractivity contribution in [2.24, 2.45) is 4.99 Å². The molecule has 3 aromatic rings. The number of aromatic amines is 1. The van der Waals surface area contributed by atoms with Gasteiger partial charge in [0.05, 0.1) is 18.4 Å². The monoisotopic (exact) mass is 408 g/mol.